The summed E-state index contributed by atoms with van der Waals surface area (Å²) in [5, 5.41) is 9.88. The van der Waals surface area contributed by atoms with Crippen LogP contribution in [0.25, 0.3) is 0 Å². The summed E-state index contributed by atoms with van der Waals surface area (Å²) in [6, 6.07) is 6.94. The van der Waals surface area contributed by atoms with Gasteiger partial charge < -0.3 is 9.84 Å². The Morgan fingerprint density at radius 2 is 2.00 bits per heavy atom. The maximum Gasteiger partial charge on any atom is 0.414 e. The van der Waals surface area contributed by atoms with Crippen molar-refractivity contribution in [3.05, 3.63) is 24.3 Å². The van der Waals surface area contributed by atoms with E-state index >= 15 is 0 Å². The molecule has 4 heteroatoms. The maximum absolute atomic E-state index is 11.9. The summed E-state index contributed by atoms with van der Waals surface area (Å²) in [7, 11) is 0. The molecule has 90 valence electrons. The molecule has 1 aromatic rings. The molecule has 1 spiro atoms. The minimum Gasteiger partial charge on any atom is -0.506 e. The Labute approximate surface area is 99.8 Å². The van der Waals surface area contributed by atoms with E-state index in [1.807, 2.05) is 6.07 Å². The van der Waals surface area contributed by atoms with E-state index in [0.29, 0.717) is 12.3 Å². The van der Waals surface area contributed by atoms with Gasteiger partial charge in [0, 0.05) is 6.42 Å². The quantitative estimate of drug-likeness (QED) is 0.811. The highest BCUT2D eigenvalue weighted by Gasteiger charge is 2.49. The number of rotatable bonds is 1. The Bertz CT molecular complexity index is 454. The lowest BCUT2D eigenvalue weighted by Crippen LogP contribution is -2.60. The lowest BCUT2D eigenvalue weighted by molar-refractivity contribution is 0.0774. The SMILES string of the molecule is O=C1OCCC2(CCC2)N1c1ccccc1O. The van der Waals surface area contributed by atoms with Crippen LogP contribution >= 0.6 is 0 Å². The van der Waals surface area contributed by atoms with E-state index in [1.54, 1.807) is 23.1 Å². The summed E-state index contributed by atoms with van der Waals surface area (Å²) < 4.78 is 5.11. The number of aromatic hydroxyl groups is 1. The summed E-state index contributed by atoms with van der Waals surface area (Å²) in [4.78, 5) is 13.6. The summed E-state index contributed by atoms with van der Waals surface area (Å²) >= 11 is 0. The molecule has 0 aromatic heterocycles. The predicted octanol–water partition coefficient (Wildman–Crippen LogP) is 2.66. The molecule has 1 aliphatic carbocycles. The van der Waals surface area contributed by atoms with Crippen LogP contribution in [0.3, 0.4) is 0 Å². The molecule has 2 aliphatic rings. The number of phenols is 1. The van der Waals surface area contributed by atoms with Crippen molar-refractivity contribution in [1.82, 2.24) is 0 Å². The molecule has 1 saturated heterocycles. The number of para-hydroxylation sites is 2. The zero-order valence-electron chi connectivity index (χ0n) is 9.56. The number of amides is 1. The first-order valence-electron chi connectivity index (χ1n) is 5.98. The number of phenolic OH excluding ortho intramolecular Hbond substituents is 1. The van der Waals surface area contributed by atoms with Gasteiger partial charge in [-0.05, 0) is 31.4 Å². The molecule has 1 aliphatic heterocycles. The van der Waals surface area contributed by atoms with Crippen molar-refractivity contribution in [1.29, 1.82) is 0 Å². The summed E-state index contributed by atoms with van der Waals surface area (Å²) in [6.45, 7) is 0.489. The topological polar surface area (TPSA) is 49.8 Å². The van der Waals surface area contributed by atoms with Crippen LogP contribution in [0.15, 0.2) is 24.3 Å². The first-order valence-corrected chi connectivity index (χ1v) is 5.98. The fourth-order valence-electron chi connectivity index (χ4n) is 2.76. The van der Waals surface area contributed by atoms with Gasteiger partial charge >= 0.3 is 6.09 Å². The Morgan fingerprint density at radius 1 is 1.24 bits per heavy atom. The number of carbonyl (C=O) groups is 1. The van der Waals surface area contributed by atoms with E-state index in [0.717, 1.165) is 25.7 Å². The monoisotopic (exact) mass is 233 g/mol. The summed E-state index contributed by atoms with van der Waals surface area (Å²) in [5.74, 6) is 0.137. The van der Waals surface area contributed by atoms with Gasteiger partial charge in [0.15, 0.2) is 0 Å². The number of benzene rings is 1. The van der Waals surface area contributed by atoms with Crippen molar-refractivity contribution < 1.29 is 14.6 Å². The molecule has 2 fully saturated rings. The molecular weight excluding hydrogens is 218 g/mol. The molecular formula is C13H15NO3. The van der Waals surface area contributed by atoms with Crippen LogP contribution in [0.2, 0.25) is 0 Å². The molecule has 17 heavy (non-hydrogen) atoms. The first kappa shape index (κ1) is 10.4. The lowest BCUT2D eigenvalue weighted by Gasteiger charge is -2.51. The number of ether oxygens (including phenoxy) is 1. The fourth-order valence-corrected chi connectivity index (χ4v) is 2.76. The van der Waals surface area contributed by atoms with E-state index < -0.39 is 0 Å². The molecule has 1 N–H and O–H groups in total. The zero-order chi connectivity index (χ0) is 11.9. The van der Waals surface area contributed by atoms with E-state index in [4.69, 9.17) is 4.74 Å². The Morgan fingerprint density at radius 3 is 2.65 bits per heavy atom. The maximum atomic E-state index is 11.9. The van der Waals surface area contributed by atoms with Gasteiger partial charge in [-0.25, -0.2) is 4.79 Å². The van der Waals surface area contributed by atoms with Gasteiger partial charge in [-0.15, -0.1) is 0 Å². The van der Waals surface area contributed by atoms with Gasteiger partial charge in [-0.2, -0.15) is 0 Å². The number of carbonyl (C=O) groups excluding carboxylic acids is 1. The van der Waals surface area contributed by atoms with E-state index in [1.165, 1.54) is 0 Å². The van der Waals surface area contributed by atoms with Crippen molar-refractivity contribution in [3.63, 3.8) is 0 Å². The average Bonchev–Trinajstić information content (AvgIpc) is 2.28. The molecule has 0 bridgehead atoms. The molecule has 1 heterocycles. The molecule has 1 amide bonds. The van der Waals surface area contributed by atoms with Gasteiger partial charge in [0.25, 0.3) is 0 Å². The third-order valence-electron chi connectivity index (χ3n) is 3.86. The zero-order valence-corrected chi connectivity index (χ0v) is 9.56. The van der Waals surface area contributed by atoms with Gasteiger partial charge in [0.2, 0.25) is 0 Å². The smallest absolute Gasteiger partial charge is 0.414 e. The van der Waals surface area contributed by atoms with Crippen LogP contribution in [0, 0.1) is 0 Å². The second-order valence-corrected chi connectivity index (χ2v) is 4.77. The van der Waals surface area contributed by atoms with Crippen LogP contribution in [-0.4, -0.2) is 23.3 Å². The van der Waals surface area contributed by atoms with Gasteiger partial charge in [0.1, 0.15) is 5.75 Å². The normalized spacial score (nSPS) is 22.1. The van der Waals surface area contributed by atoms with Crippen molar-refractivity contribution >= 4 is 11.8 Å². The van der Waals surface area contributed by atoms with Gasteiger partial charge in [-0.3, -0.25) is 4.90 Å². The number of anilines is 1. The Balaban J connectivity index is 2.03. The largest absolute Gasteiger partial charge is 0.506 e. The van der Waals surface area contributed by atoms with E-state index in [-0.39, 0.29) is 17.4 Å². The third kappa shape index (κ3) is 1.47. The summed E-state index contributed by atoms with van der Waals surface area (Å²) in [6.07, 6.45) is 3.65. The van der Waals surface area contributed by atoms with Crippen molar-refractivity contribution in [2.75, 3.05) is 11.5 Å². The minimum absolute atomic E-state index is 0.117. The number of hydrogen-bond donors (Lipinski definition) is 1. The second kappa shape index (κ2) is 3.65. The molecule has 1 saturated carbocycles. The van der Waals surface area contributed by atoms with Gasteiger partial charge in [-0.1, -0.05) is 12.1 Å². The van der Waals surface area contributed by atoms with Gasteiger partial charge in [0.05, 0.1) is 17.8 Å². The molecule has 0 atom stereocenters. The minimum atomic E-state index is -0.336. The van der Waals surface area contributed by atoms with Crippen LogP contribution < -0.4 is 4.90 Å². The highest BCUT2D eigenvalue weighted by Crippen LogP contribution is 2.47. The van der Waals surface area contributed by atoms with Crippen molar-refractivity contribution in [3.8, 4) is 5.75 Å². The van der Waals surface area contributed by atoms with Crippen molar-refractivity contribution in [2.45, 2.75) is 31.2 Å². The summed E-state index contributed by atoms with van der Waals surface area (Å²) in [5.41, 5.74) is 0.450. The Kier molecular flexibility index (Phi) is 2.24. The molecule has 4 nitrogen and oxygen atoms in total. The number of cyclic esters (lactones) is 1. The van der Waals surface area contributed by atoms with Crippen molar-refractivity contribution in [2.24, 2.45) is 0 Å². The van der Waals surface area contributed by atoms with Crippen LogP contribution in [-0.2, 0) is 4.74 Å². The highest BCUT2D eigenvalue weighted by atomic mass is 16.6. The predicted molar refractivity (Wildman–Crippen MR) is 63.1 cm³/mol. The average molecular weight is 233 g/mol. The second-order valence-electron chi connectivity index (χ2n) is 4.77. The first-order chi connectivity index (χ1) is 8.23. The number of nitrogens with zero attached hydrogens (tertiary/aromatic N) is 1. The fraction of sp³-hybridized carbons (Fsp3) is 0.462. The van der Waals surface area contributed by atoms with E-state index in [2.05, 4.69) is 0 Å². The molecule has 3 rings (SSSR count). The Hall–Kier alpha value is -1.71. The molecule has 0 unspecified atom stereocenters. The van der Waals surface area contributed by atoms with Crippen LogP contribution in [0.1, 0.15) is 25.7 Å². The molecule has 1 aromatic carbocycles. The van der Waals surface area contributed by atoms with E-state index in [9.17, 15) is 9.90 Å². The standard InChI is InChI=1S/C13H15NO3/c15-11-5-2-1-4-10(11)14-12(16)17-9-8-13(14)6-3-7-13/h1-2,4-5,15H,3,6-9H2. The van der Waals surface area contributed by atoms with Crippen LogP contribution in [0.4, 0.5) is 10.5 Å². The molecule has 0 radical (unpaired) electrons. The van der Waals surface area contributed by atoms with Crippen LogP contribution in [0.5, 0.6) is 5.75 Å². The number of hydrogen-bond acceptors (Lipinski definition) is 3. The highest BCUT2D eigenvalue weighted by molar-refractivity contribution is 5.92. The third-order valence-corrected chi connectivity index (χ3v) is 3.86. The lowest BCUT2D eigenvalue weighted by atomic mass is 9.72.